The smallest absolute Gasteiger partial charge is 0.0728 e. The van der Waals surface area contributed by atoms with Gasteiger partial charge in [-0.05, 0) is 37.1 Å². The normalized spacial score (nSPS) is 14.8. The number of nitrogen functional groups attached to an aromatic ring is 1. The average Bonchev–Trinajstić information content (AvgIpc) is 3.20. The molecule has 2 aromatic rings. The van der Waals surface area contributed by atoms with Gasteiger partial charge in [0.05, 0.1) is 11.2 Å². The van der Waals surface area contributed by atoms with E-state index < -0.39 is 0 Å². The Labute approximate surface area is 107 Å². The molecule has 0 aliphatic heterocycles. The lowest BCUT2D eigenvalue weighted by Crippen LogP contribution is -2.10. The molecule has 0 atom stereocenters. The number of benzene rings is 1. The molecule has 0 radical (unpaired) electrons. The van der Waals surface area contributed by atoms with Crippen molar-refractivity contribution < 1.29 is 0 Å². The van der Waals surface area contributed by atoms with Gasteiger partial charge in [-0.3, -0.25) is 10.8 Å². The van der Waals surface area contributed by atoms with Gasteiger partial charge < -0.3 is 10.3 Å². The summed E-state index contributed by atoms with van der Waals surface area (Å²) in [5, 5.41) is 1.08. The van der Waals surface area contributed by atoms with Gasteiger partial charge in [0.25, 0.3) is 0 Å². The number of pyridine rings is 1. The molecule has 1 aromatic carbocycles. The van der Waals surface area contributed by atoms with Crippen LogP contribution in [0.3, 0.4) is 0 Å². The fourth-order valence-electron chi connectivity index (χ4n) is 2.22. The maximum absolute atomic E-state index is 5.64. The molecule has 0 saturated heterocycles. The van der Waals surface area contributed by atoms with Crippen molar-refractivity contribution in [1.29, 1.82) is 0 Å². The molecular weight excluding hydrogens is 224 g/mol. The van der Waals surface area contributed by atoms with Crippen LogP contribution in [0.1, 0.15) is 24.5 Å². The summed E-state index contributed by atoms with van der Waals surface area (Å²) in [4.78, 5) is 6.81. The van der Waals surface area contributed by atoms with E-state index in [0.717, 1.165) is 28.0 Å². The highest BCUT2D eigenvalue weighted by molar-refractivity contribution is 5.93. The van der Waals surface area contributed by atoms with Crippen molar-refractivity contribution in [3.8, 4) is 0 Å². The molecule has 18 heavy (non-hydrogen) atoms. The zero-order valence-corrected chi connectivity index (χ0v) is 10.8. The summed E-state index contributed by atoms with van der Waals surface area (Å²) in [7, 11) is 4.06. The Kier molecular flexibility index (Phi) is 2.59. The minimum Gasteiger partial charge on any atom is -0.378 e. The third kappa shape index (κ3) is 1.88. The summed E-state index contributed by atoms with van der Waals surface area (Å²) in [6.45, 7) is 0. The molecule has 0 spiro atoms. The Bertz CT molecular complexity index is 588. The first kappa shape index (κ1) is 11.3. The summed E-state index contributed by atoms with van der Waals surface area (Å²) < 4.78 is 0. The molecule has 1 saturated carbocycles. The van der Waals surface area contributed by atoms with Crippen LogP contribution in [-0.2, 0) is 0 Å². The Morgan fingerprint density at radius 1 is 1.28 bits per heavy atom. The number of nitrogens with two attached hydrogens (primary N) is 1. The molecule has 1 aliphatic carbocycles. The molecule has 1 aromatic heterocycles. The SMILES string of the molecule is CN(C)c1ccc2nc(C3CC3)cc(NN)c2c1. The minimum absolute atomic E-state index is 0.634. The van der Waals surface area contributed by atoms with E-state index >= 15 is 0 Å². The van der Waals surface area contributed by atoms with Crippen LogP contribution in [0.15, 0.2) is 24.3 Å². The average molecular weight is 242 g/mol. The van der Waals surface area contributed by atoms with Crippen molar-refractivity contribution in [3.63, 3.8) is 0 Å². The highest BCUT2D eigenvalue weighted by Crippen LogP contribution is 2.41. The van der Waals surface area contributed by atoms with Crippen LogP contribution < -0.4 is 16.2 Å². The molecule has 4 heteroatoms. The fraction of sp³-hybridized carbons (Fsp3) is 0.357. The summed E-state index contributed by atoms with van der Waals surface area (Å²) in [5.41, 5.74) is 7.09. The number of nitrogens with zero attached hydrogens (tertiary/aromatic N) is 2. The Morgan fingerprint density at radius 3 is 2.67 bits per heavy atom. The summed E-state index contributed by atoms with van der Waals surface area (Å²) >= 11 is 0. The van der Waals surface area contributed by atoms with Crippen molar-refractivity contribution in [1.82, 2.24) is 4.98 Å². The van der Waals surface area contributed by atoms with E-state index in [4.69, 9.17) is 10.8 Å². The van der Waals surface area contributed by atoms with Crippen LogP contribution in [0.5, 0.6) is 0 Å². The van der Waals surface area contributed by atoms with Gasteiger partial charge in [0, 0.05) is 36.8 Å². The van der Waals surface area contributed by atoms with E-state index in [1.807, 2.05) is 14.1 Å². The molecule has 4 nitrogen and oxygen atoms in total. The van der Waals surface area contributed by atoms with Gasteiger partial charge in [-0.15, -0.1) is 0 Å². The highest BCUT2D eigenvalue weighted by Gasteiger charge is 2.25. The van der Waals surface area contributed by atoms with Gasteiger partial charge in [-0.1, -0.05) is 0 Å². The fourth-order valence-corrected chi connectivity index (χ4v) is 2.22. The van der Waals surface area contributed by atoms with Gasteiger partial charge in [-0.25, -0.2) is 0 Å². The maximum atomic E-state index is 5.64. The molecule has 1 heterocycles. The quantitative estimate of drug-likeness (QED) is 0.641. The van der Waals surface area contributed by atoms with Crippen LogP contribution >= 0.6 is 0 Å². The van der Waals surface area contributed by atoms with Crippen molar-refractivity contribution in [2.45, 2.75) is 18.8 Å². The van der Waals surface area contributed by atoms with Gasteiger partial charge in [0.1, 0.15) is 0 Å². The van der Waals surface area contributed by atoms with Gasteiger partial charge in [0.2, 0.25) is 0 Å². The number of aromatic nitrogens is 1. The number of hydrogen-bond donors (Lipinski definition) is 2. The first-order chi connectivity index (χ1) is 8.69. The second kappa shape index (κ2) is 4.14. The molecule has 0 unspecified atom stereocenters. The van der Waals surface area contributed by atoms with Crippen LogP contribution in [0, 0.1) is 0 Å². The highest BCUT2D eigenvalue weighted by atomic mass is 15.2. The zero-order valence-electron chi connectivity index (χ0n) is 10.8. The van der Waals surface area contributed by atoms with E-state index in [9.17, 15) is 0 Å². The van der Waals surface area contributed by atoms with Crippen molar-refractivity contribution >= 4 is 22.3 Å². The van der Waals surface area contributed by atoms with E-state index in [1.54, 1.807) is 0 Å². The second-order valence-corrected chi connectivity index (χ2v) is 5.11. The molecule has 3 N–H and O–H groups in total. The summed E-state index contributed by atoms with van der Waals surface area (Å²) in [5.74, 6) is 6.27. The molecule has 3 rings (SSSR count). The number of rotatable bonds is 3. The summed E-state index contributed by atoms with van der Waals surface area (Å²) in [6.07, 6.45) is 2.50. The molecule has 0 bridgehead atoms. The minimum atomic E-state index is 0.634. The molecule has 94 valence electrons. The third-order valence-corrected chi connectivity index (χ3v) is 3.48. The largest absolute Gasteiger partial charge is 0.378 e. The predicted molar refractivity (Wildman–Crippen MR) is 75.9 cm³/mol. The van der Waals surface area contributed by atoms with Crippen LogP contribution in [0.4, 0.5) is 11.4 Å². The number of nitrogens with one attached hydrogen (secondary N) is 1. The second-order valence-electron chi connectivity index (χ2n) is 5.11. The number of fused-ring (bicyclic) bond motifs is 1. The Balaban J connectivity index is 2.18. The first-order valence-corrected chi connectivity index (χ1v) is 6.27. The van der Waals surface area contributed by atoms with E-state index in [1.165, 1.54) is 12.8 Å². The van der Waals surface area contributed by atoms with Gasteiger partial charge in [0.15, 0.2) is 0 Å². The van der Waals surface area contributed by atoms with E-state index in [0.29, 0.717) is 5.92 Å². The van der Waals surface area contributed by atoms with Crippen LogP contribution in [-0.4, -0.2) is 19.1 Å². The number of hydrazine groups is 1. The predicted octanol–water partition coefficient (Wildman–Crippen LogP) is 2.46. The van der Waals surface area contributed by atoms with Crippen molar-refractivity contribution in [2.24, 2.45) is 5.84 Å². The molecule has 1 fully saturated rings. The molecule has 0 amide bonds. The monoisotopic (exact) mass is 242 g/mol. The van der Waals surface area contributed by atoms with E-state index in [-0.39, 0.29) is 0 Å². The Morgan fingerprint density at radius 2 is 2.06 bits per heavy atom. The van der Waals surface area contributed by atoms with Crippen molar-refractivity contribution in [2.75, 3.05) is 24.4 Å². The van der Waals surface area contributed by atoms with Crippen LogP contribution in [0.2, 0.25) is 0 Å². The maximum Gasteiger partial charge on any atom is 0.0728 e. The lowest BCUT2D eigenvalue weighted by atomic mass is 10.1. The standard InChI is InChI=1S/C14H18N4/c1-18(2)10-5-6-12-11(7-10)14(17-15)8-13(16-12)9-3-4-9/h5-9H,3-4,15H2,1-2H3,(H,16,17). The zero-order chi connectivity index (χ0) is 12.7. The van der Waals surface area contributed by atoms with Gasteiger partial charge >= 0.3 is 0 Å². The number of hydrogen-bond acceptors (Lipinski definition) is 4. The van der Waals surface area contributed by atoms with Crippen LogP contribution in [0.25, 0.3) is 10.9 Å². The van der Waals surface area contributed by atoms with E-state index in [2.05, 4.69) is 34.6 Å². The molecule has 1 aliphatic rings. The molecular formula is C14H18N4. The number of anilines is 2. The Hall–Kier alpha value is -1.81. The lowest BCUT2D eigenvalue weighted by Gasteiger charge is -2.15. The topological polar surface area (TPSA) is 54.2 Å². The summed E-state index contributed by atoms with van der Waals surface area (Å²) in [6, 6.07) is 8.36. The van der Waals surface area contributed by atoms with Gasteiger partial charge in [-0.2, -0.15) is 0 Å². The first-order valence-electron chi connectivity index (χ1n) is 6.27. The lowest BCUT2D eigenvalue weighted by molar-refractivity contribution is 1.04. The third-order valence-electron chi connectivity index (χ3n) is 3.48. The van der Waals surface area contributed by atoms with Crippen molar-refractivity contribution in [3.05, 3.63) is 30.0 Å².